The van der Waals surface area contributed by atoms with E-state index in [1.807, 2.05) is 12.3 Å². The Morgan fingerprint density at radius 1 is 1.07 bits per heavy atom. The molecular weight excluding hydrogens is 370 g/mol. The van der Waals surface area contributed by atoms with Gasteiger partial charge in [0.1, 0.15) is 0 Å². The van der Waals surface area contributed by atoms with Gasteiger partial charge in [0.15, 0.2) is 0 Å². The molecule has 4 rings (SSSR count). The molecule has 1 atom stereocenters. The van der Waals surface area contributed by atoms with Crippen molar-refractivity contribution in [3.8, 4) is 5.95 Å². The van der Waals surface area contributed by atoms with Crippen molar-refractivity contribution < 1.29 is 0 Å². The van der Waals surface area contributed by atoms with Gasteiger partial charge in [0.05, 0.1) is 0 Å². The fourth-order valence-corrected chi connectivity index (χ4v) is 4.61. The van der Waals surface area contributed by atoms with Crippen LogP contribution in [0.3, 0.4) is 0 Å². The molecule has 1 aromatic carbocycles. The Balaban J connectivity index is 1.29. The van der Waals surface area contributed by atoms with Crippen LogP contribution in [0.15, 0.2) is 61.1 Å². The van der Waals surface area contributed by atoms with Gasteiger partial charge in [-0.2, -0.15) is 0 Å². The lowest BCUT2D eigenvalue weighted by Crippen LogP contribution is -2.41. The summed E-state index contributed by atoms with van der Waals surface area (Å²) in [4.78, 5) is 13.9. The summed E-state index contributed by atoms with van der Waals surface area (Å²) in [5.74, 6) is 1.47. The van der Waals surface area contributed by atoms with Crippen LogP contribution in [0.5, 0.6) is 0 Å². The van der Waals surface area contributed by atoms with Gasteiger partial charge in [-0.1, -0.05) is 24.3 Å². The molecule has 0 radical (unpaired) electrons. The van der Waals surface area contributed by atoms with Crippen molar-refractivity contribution in [2.45, 2.75) is 32.7 Å². The predicted octanol–water partition coefficient (Wildman–Crippen LogP) is 3.96. The SMILES string of the molecule is Cc1ccccc1CCN1CCCC(CN(C)Cc2cccn2-c2ncccn2)C1. The van der Waals surface area contributed by atoms with E-state index in [9.17, 15) is 0 Å². The Hall–Kier alpha value is -2.50. The zero-order valence-corrected chi connectivity index (χ0v) is 18.2. The van der Waals surface area contributed by atoms with Gasteiger partial charge in [0.25, 0.3) is 0 Å². The van der Waals surface area contributed by atoms with Crippen molar-refractivity contribution in [3.05, 3.63) is 77.9 Å². The van der Waals surface area contributed by atoms with Gasteiger partial charge in [-0.05, 0) is 75.0 Å². The molecule has 158 valence electrons. The summed E-state index contributed by atoms with van der Waals surface area (Å²) < 4.78 is 2.09. The highest BCUT2D eigenvalue weighted by molar-refractivity contribution is 5.25. The molecule has 1 fully saturated rings. The molecule has 1 aliphatic rings. The summed E-state index contributed by atoms with van der Waals surface area (Å²) in [6.45, 7) is 7.87. The maximum atomic E-state index is 4.39. The molecule has 0 spiro atoms. The molecule has 0 N–H and O–H groups in total. The molecule has 30 heavy (non-hydrogen) atoms. The Morgan fingerprint density at radius 3 is 2.73 bits per heavy atom. The summed E-state index contributed by atoms with van der Waals surface area (Å²) in [5.41, 5.74) is 4.13. The van der Waals surface area contributed by atoms with Gasteiger partial charge in [0, 0.05) is 50.5 Å². The van der Waals surface area contributed by atoms with Crippen LogP contribution in [0.4, 0.5) is 0 Å². The quantitative estimate of drug-likeness (QED) is 0.570. The lowest BCUT2D eigenvalue weighted by atomic mass is 9.96. The molecule has 1 aliphatic heterocycles. The first-order chi connectivity index (χ1) is 14.7. The van der Waals surface area contributed by atoms with E-state index in [2.05, 4.69) is 74.7 Å². The number of hydrogen-bond acceptors (Lipinski definition) is 4. The van der Waals surface area contributed by atoms with Crippen LogP contribution < -0.4 is 0 Å². The Bertz CT molecular complexity index is 920. The van der Waals surface area contributed by atoms with Crippen molar-refractivity contribution in [1.29, 1.82) is 0 Å². The van der Waals surface area contributed by atoms with E-state index in [0.717, 1.165) is 31.4 Å². The molecule has 5 heteroatoms. The third-order valence-electron chi connectivity index (χ3n) is 6.16. The van der Waals surface area contributed by atoms with E-state index >= 15 is 0 Å². The van der Waals surface area contributed by atoms with Crippen molar-refractivity contribution in [2.24, 2.45) is 5.92 Å². The van der Waals surface area contributed by atoms with Crippen molar-refractivity contribution in [2.75, 3.05) is 33.2 Å². The van der Waals surface area contributed by atoms with Crippen molar-refractivity contribution in [3.63, 3.8) is 0 Å². The predicted molar refractivity (Wildman–Crippen MR) is 122 cm³/mol. The van der Waals surface area contributed by atoms with Gasteiger partial charge in [0.2, 0.25) is 5.95 Å². The summed E-state index contributed by atoms with van der Waals surface area (Å²) in [6.07, 6.45) is 9.42. The van der Waals surface area contributed by atoms with E-state index in [1.165, 1.54) is 49.3 Å². The Kier molecular flexibility index (Phi) is 6.92. The van der Waals surface area contributed by atoms with E-state index in [1.54, 1.807) is 12.4 Å². The number of piperidine rings is 1. The van der Waals surface area contributed by atoms with Gasteiger partial charge >= 0.3 is 0 Å². The zero-order valence-electron chi connectivity index (χ0n) is 18.2. The highest BCUT2D eigenvalue weighted by atomic mass is 15.2. The third-order valence-corrected chi connectivity index (χ3v) is 6.16. The maximum absolute atomic E-state index is 4.39. The second-order valence-corrected chi connectivity index (χ2v) is 8.60. The van der Waals surface area contributed by atoms with Crippen molar-refractivity contribution >= 4 is 0 Å². The largest absolute Gasteiger partial charge is 0.303 e. The van der Waals surface area contributed by atoms with Crippen LogP contribution in [-0.4, -0.2) is 57.6 Å². The van der Waals surface area contributed by atoms with Crippen LogP contribution >= 0.6 is 0 Å². The second kappa shape index (κ2) is 10.0. The monoisotopic (exact) mass is 403 g/mol. The molecule has 3 heterocycles. The fourth-order valence-electron chi connectivity index (χ4n) is 4.61. The summed E-state index contributed by atoms with van der Waals surface area (Å²) in [5, 5.41) is 0. The topological polar surface area (TPSA) is 37.2 Å². The van der Waals surface area contributed by atoms with Crippen molar-refractivity contribution in [1.82, 2.24) is 24.3 Å². The van der Waals surface area contributed by atoms with Crippen LogP contribution in [0.2, 0.25) is 0 Å². The van der Waals surface area contributed by atoms with Gasteiger partial charge in [-0.15, -0.1) is 0 Å². The number of likely N-dealkylation sites (tertiary alicyclic amines) is 1. The van der Waals surface area contributed by atoms with E-state index < -0.39 is 0 Å². The minimum absolute atomic E-state index is 0.733. The molecule has 0 saturated carbocycles. The highest BCUT2D eigenvalue weighted by Gasteiger charge is 2.21. The number of rotatable bonds is 8. The number of aromatic nitrogens is 3. The summed E-state index contributed by atoms with van der Waals surface area (Å²) in [7, 11) is 2.23. The smallest absolute Gasteiger partial charge is 0.233 e. The first kappa shape index (κ1) is 20.8. The Morgan fingerprint density at radius 2 is 1.90 bits per heavy atom. The second-order valence-electron chi connectivity index (χ2n) is 8.60. The molecule has 5 nitrogen and oxygen atoms in total. The van der Waals surface area contributed by atoms with Gasteiger partial charge in [-0.25, -0.2) is 9.97 Å². The first-order valence-electron chi connectivity index (χ1n) is 11.1. The normalized spacial score (nSPS) is 17.5. The molecule has 1 saturated heterocycles. The molecule has 1 unspecified atom stereocenters. The maximum Gasteiger partial charge on any atom is 0.233 e. The fraction of sp³-hybridized carbons (Fsp3) is 0.440. The molecule has 0 amide bonds. The molecule has 2 aromatic heterocycles. The lowest BCUT2D eigenvalue weighted by Gasteiger charge is -2.35. The van der Waals surface area contributed by atoms with E-state index in [4.69, 9.17) is 0 Å². The molecule has 0 bridgehead atoms. The summed E-state index contributed by atoms with van der Waals surface area (Å²) in [6, 6.07) is 14.9. The van der Waals surface area contributed by atoms with Crippen LogP contribution in [-0.2, 0) is 13.0 Å². The number of hydrogen-bond donors (Lipinski definition) is 0. The highest BCUT2D eigenvalue weighted by Crippen LogP contribution is 2.20. The third kappa shape index (κ3) is 5.35. The standard InChI is InChI=1S/C25H33N5/c1-21-8-3-4-10-23(21)12-17-29-15-5-9-22(19-29)18-28(2)20-24-11-6-16-30(24)25-26-13-7-14-27-25/h3-4,6-8,10-11,13-14,16,22H,5,9,12,15,17-20H2,1-2H3. The van der Waals surface area contributed by atoms with Gasteiger partial charge < -0.3 is 9.80 Å². The van der Waals surface area contributed by atoms with E-state index in [-0.39, 0.29) is 0 Å². The first-order valence-corrected chi connectivity index (χ1v) is 11.1. The van der Waals surface area contributed by atoms with Crippen LogP contribution in [0.1, 0.15) is 29.7 Å². The zero-order chi connectivity index (χ0) is 20.8. The Labute approximate surface area is 180 Å². The van der Waals surface area contributed by atoms with Gasteiger partial charge in [-0.3, -0.25) is 4.57 Å². The number of nitrogens with zero attached hydrogens (tertiary/aromatic N) is 5. The summed E-state index contributed by atoms with van der Waals surface area (Å²) >= 11 is 0. The minimum atomic E-state index is 0.733. The molecule has 0 aliphatic carbocycles. The van der Waals surface area contributed by atoms with Crippen LogP contribution in [0, 0.1) is 12.8 Å². The van der Waals surface area contributed by atoms with Crippen LogP contribution in [0.25, 0.3) is 5.95 Å². The number of aryl methyl sites for hydroxylation is 1. The van der Waals surface area contributed by atoms with E-state index in [0.29, 0.717) is 0 Å². The molecule has 3 aromatic rings. The lowest BCUT2D eigenvalue weighted by molar-refractivity contribution is 0.141. The number of benzene rings is 1. The average molecular weight is 404 g/mol. The minimum Gasteiger partial charge on any atom is -0.303 e. The molecular formula is C25H33N5. The average Bonchev–Trinajstić information content (AvgIpc) is 3.22.